The lowest BCUT2D eigenvalue weighted by Gasteiger charge is -2.27. The summed E-state index contributed by atoms with van der Waals surface area (Å²) < 4.78 is 16.3. The predicted octanol–water partition coefficient (Wildman–Crippen LogP) is 2.56. The second-order valence-electron chi connectivity index (χ2n) is 7.37. The van der Waals surface area contributed by atoms with Crippen LogP contribution in [0.4, 0.5) is 0 Å². The third kappa shape index (κ3) is 12.6. The van der Waals surface area contributed by atoms with Crippen molar-refractivity contribution in [3.63, 3.8) is 0 Å². The van der Waals surface area contributed by atoms with Crippen LogP contribution in [0.15, 0.2) is 0 Å². The van der Waals surface area contributed by atoms with Crippen LogP contribution in [0.5, 0.6) is 0 Å². The van der Waals surface area contributed by atoms with E-state index in [-0.39, 0.29) is 43.2 Å². The summed E-state index contributed by atoms with van der Waals surface area (Å²) in [6, 6.07) is 0. The zero-order valence-electron chi connectivity index (χ0n) is 15.8. The lowest BCUT2D eigenvalue weighted by Crippen LogP contribution is -2.33. The van der Waals surface area contributed by atoms with Crippen LogP contribution in [0.2, 0.25) is 0 Å². The summed E-state index contributed by atoms with van der Waals surface area (Å²) in [7, 11) is 0. The molecule has 0 bridgehead atoms. The van der Waals surface area contributed by atoms with Crippen LogP contribution in [0.25, 0.3) is 0 Å². The van der Waals surface area contributed by atoms with Gasteiger partial charge < -0.3 is 19.5 Å². The van der Waals surface area contributed by atoms with Gasteiger partial charge >= 0.3 is 5.97 Å². The van der Waals surface area contributed by atoms with Gasteiger partial charge in [0.1, 0.15) is 13.4 Å². The average Bonchev–Trinajstić information content (AvgIpc) is 2.47. The number of hydrogen-bond acceptors (Lipinski definition) is 6. The maximum absolute atomic E-state index is 11.7. The van der Waals surface area contributed by atoms with E-state index in [1.165, 1.54) is 0 Å². The molecule has 0 aromatic heterocycles. The zero-order valence-corrected chi connectivity index (χ0v) is 16.7. The molecule has 1 atom stereocenters. The van der Waals surface area contributed by atoms with Gasteiger partial charge in [0.25, 0.3) is 0 Å². The second-order valence-corrected chi connectivity index (χ2v) is 7.74. The van der Waals surface area contributed by atoms with E-state index in [1.54, 1.807) is 6.92 Å². The summed E-state index contributed by atoms with van der Waals surface area (Å²) >= 11 is 4.06. The number of thiol groups is 1. The lowest BCUT2D eigenvalue weighted by molar-refractivity contribution is -0.174. The van der Waals surface area contributed by atoms with Crippen molar-refractivity contribution in [2.75, 3.05) is 25.7 Å². The molecule has 1 unspecified atom stereocenters. The molecule has 0 saturated carbocycles. The molecule has 0 aromatic carbocycles. The van der Waals surface area contributed by atoms with Crippen LogP contribution in [-0.4, -0.2) is 48.8 Å². The summed E-state index contributed by atoms with van der Waals surface area (Å²) in [5.74, 6) is -0.0637. The number of hydrogen-bond donors (Lipinski definition) is 2. The number of esters is 1. The summed E-state index contributed by atoms with van der Waals surface area (Å²) in [6.07, 6.45) is 0.784. The number of carbonyl (C=O) groups excluding carboxylic acids is 2. The molecule has 6 nitrogen and oxygen atoms in total. The van der Waals surface area contributed by atoms with Crippen molar-refractivity contribution in [1.29, 1.82) is 0 Å². The van der Waals surface area contributed by atoms with Crippen LogP contribution in [0.1, 0.15) is 54.4 Å². The molecule has 1 amide bonds. The summed E-state index contributed by atoms with van der Waals surface area (Å²) in [6.45, 7) is 12.1. The first-order chi connectivity index (χ1) is 11.0. The molecule has 0 fully saturated rings. The molecule has 0 heterocycles. The van der Waals surface area contributed by atoms with Gasteiger partial charge in [-0.05, 0) is 41.0 Å². The van der Waals surface area contributed by atoms with Crippen LogP contribution in [-0.2, 0) is 23.8 Å². The Morgan fingerprint density at radius 3 is 2.29 bits per heavy atom. The van der Waals surface area contributed by atoms with Crippen molar-refractivity contribution >= 4 is 24.5 Å². The van der Waals surface area contributed by atoms with E-state index in [0.717, 1.165) is 0 Å². The summed E-state index contributed by atoms with van der Waals surface area (Å²) in [5, 5.41) is 2.70. The first kappa shape index (κ1) is 23.2. The van der Waals surface area contributed by atoms with E-state index >= 15 is 0 Å². The quantitative estimate of drug-likeness (QED) is 0.255. The fourth-order valence-corrected chi connectivity index (χ4v) is 1.68. The predicted molar refractivity (Wildman–Crippen MR) is 97.1 cm³/mol. The highest BCUT2D eigenvalue weighted by Crippen LogP contribution is 2.18. The van der Waals surface area contributed by atoms with Crippen LogP contribution in [0, 0.1) is 5.92 Å². The highest BCUT2D eigenvalue weighted by Gasteiger charge is 2.22. The molecule has 1 N–H and O–H groups in total. The second kappa shape index (κ2) is 10.9. The molecule has 0 rings (SSSR count). The SMILES string of the molecule is CC(CS)C(=O)NCCOC(=O)CCC(C)(C)OCOC(C)(C)C. The van der Waals surface area contributed by atoms with Crippen molar-refractivity contribution in [2.24, 2.45) is 5.92 Å². The van der Waals surface area contributed by atoms with Crippen LogP contribution >= 0.6 is 12.6 Å². The van der Waals surface area contributed by atoms with Gasteiger partial charge in [0, 0.05) is 18.1 Å². The Balaban J connectivity index is 3.86. The van der Waals surface area contributed by atoms with Gasteiger partial charge in [0.15, 0.2) is 0 Å². The van der Waals surface area contributed by atoms with Gasteiger partial charge in [0.2, 0.25) is 5.91 Å². The molecule has 0 saturated heterocycles. The highest BCUT2D eigenvalue weighted by atomic mass is 32.1. The van der Waals surface area contributed by atoms with E-state index in [9.17, 15) is 9.59 Å². The Kier molecular flexibility index (Phi) is 10.6. The maximum atomic E-state index is 11.7. The molecule has 0 radical (unpaired) electrons. The van der Waals surface area contributed by atoms with Gasteiger partial charge in [-0.25, -0.2) is 0 Å². The Morgan fingerprint density at radius 1 is 1.12 bits per heavy atom. The fraction of sp³-hybridized carbons (Fsp3) is 0.882. The lowest BCUT2D eigenvalue weighted by atomic mass is 10.0. The Hall–Kier alpha value is -0.790. The minimum absolute atomic E-state index is 0.0885. The normalized spacial score (nSPS) is 13.5. The third-order valence-electron chi connectivity index (χ3n) is 3.26. The number of carbonyl (C=O) groups is 2. The Bertz CT molecular complexity index is 393. The minimum Gasteiger partial charge on any atom is -0.464 e. The average molecular weight is 364 g/mol. The van der Waals surface area contributed by atoms with E-state index in [4.69, 9.17) is 14.2 Å². The molecule has 142 valence electrons. The van der Waals surface area contributed by atoms with Crippen molar-refractivity contribution in [3.8, 4) is 0 Å². The van der Waals surface area contributed by atoms with E-state index in [2.05, 4.69) is 17.9 Å². The van der Waals surface area contributed by atoms with E-state index in [0.29, 0.717) is 18.7 Å². The number of ether oxygens (including phenoxy) is 3. The topological polar surface area (TPSA) is 73.9 Å². The molecular weight excluding hydrogens is 330 g/mol. The monoisotopic (exact) mass is 363 g/mol. The third-order valence-corrected chi connectivity index (χ3v) is 3.81. The molecular formula is C17H33NO5S. The van der Waals surface area contributed by atoms with Crippen LogP contribution in [0.3, 0.4) is 0 Å². The van der Waals surface area contributed by atoms with Gasteiger partial charge in [-0.15, -0.1) is 0 Å². The smallest absolute Gasteiger partial charge is 0.305 e. The molecule has 0 aliphatic rings. The standard InChI is InChI=1S/C17H33NO5S/c1-13(11-24)15(20)18-9-10-21-14(19)7-8-17(5,6)23-12-22-16(2,3)4/h13,24H,7-12H2,1-6H3,(H,18,20). The van der Waals surface area contributed by atoms with Crippen LogP contribution < -0.4 is 5.32 Å². The van der Waals surface area contributed by atoms with Gasteiger partial charge in [-0.1, -0.05) is 6.92 Å². The Labute approximate surface area is 151 Å². The maximum Gasteiger partial charge on any atom is 0.305 e. The minimum atomic E-state index is -0.472. The first-order valence-electron chi connectivity index (χ1n) is 8.29. The van der Waals surface area contributed by atoms with Crippen molar-refractivity contribution < 1.29 is 23.8 Å². The summed E-state index contributed by atoms with van der Waals surface area (Å²) in [5.41, 5.74) is -0.732. The zero-order chi connectivity index (χ0) is 18.8. The van der Waals surface area contributed by atoms with E-state index in [1.807, 2.05) is 34.6 Å². The van der Waals surface area contributed by atoms with Crippen molar-refractivity contribution in [2.45, 2.75) is 65.6 Å². The summed E-state index contributed by atoms with van der Waals surface area (Å²) in [4.78, 5) is 23.2. The molecule has 0 spiro atoms. The molecule has 7 heteroatoms. The van der Waals surface area contributed by atoms with Gasteiger partial charge in [-0.3, -0.25) is 9.59 Å². The molecule has 0 aliphatic heterocycles. The van der Waals surface area contributed by atoms with Crippen molar-refractivity contribution in [3.05, 3.63) is 0 Å². The number of amides is 1. The molecule has 0 aromatic rings. The molecule has 0 aliphatic carbocycles. The number of nitrogens with one attached hydrogen (secondary N) is 1. The van der Waals surface area contributed by atoms with E-state index < -0.39 is 5.60 Å². The van der Waals surface area contributed by atoms with Crippen molar-refractivity contribution in [1.82, 2.24) is 5.32 Å². The number of rotatable bonds is 11. The largest absolute Gasteiger partial charge is 0.464 e. The van der Waals surface area contributed by atoms with Gasteiger partial charge in [-0.2, -0.15) is 12.6 Å². The highest BCUT2D eigenvalue weighted by molar-refractivity contribution is 7.80. The Morgan fingerprint density at radius 2 is 1.75 bits per heavy atom. The fourth-order valence-electron chi connectivity index (χ4n) is 1.51. The molecule has 24 heavy (non-hydrogen) atoms. The van der Waals surface area contributed by atoms with Gasteiger partial charge in [0.05, 0.1) is 17.7 Å². The first-order valence-corrected chi connectivity index (χ1v) is 8.92.